The molecule has 0 amide bonds. The fraction of sp³-hybridized carbons (Fsp3) is 0.190. The molecule has 25 heavy (non-hydrogen) atoms. The van der Waals surface area contributed by atoms with Crippen molar-refractivity contribution in [2.75, 3.05) is 6.54 Å². The van der Waals surface area contributed by atoms with Gasteiger partial charge in [0.15, 0.2) is 0 Å². The van der Waals surface area contributed by atoms with E-state index in [0.29, 0.717) is 0 Å². The van der Waals surface area contributed by atoms with E-state index in [1.54, 1.807) is 6.26 Å². The second-order valence-electron chi connectivity index (χ2n) is 6.57. The molecule has 4 heterocycles. The molecule has 1 aliphatic rings. The van der Waals surface area contributed by atoms with Crippen LogP contribution in [0.2, 0.25) is 0 Å². The molecule has 5 rings (SSSR count). The van der Waals surface area contributed by atoms with Crippen molar-refractivity contribution in [3.8, 4) is 0 Å². The number of nitrogens with zero attached hydrogens (tertiary/aromatic N) is 2. The monoisotopic (exact) mass is 329 g/mol. The molecule has 0 aliphatic carbocycles. The van der Waals surface area contributed by atoms with E-state index < -0.39 is 0 Å². The van der Waals surface area contributed by atoms with Crippen molar-refractivity contribution in [1.82, 2.24) is 14.9 Å². The normalized spacial score (nSPS) is 17.7. The van der Waals surface area contributed by atoms with Gasteiger partial charge in [-0.25, -0.2) is 0 Å². The van der Waals surface area contributed by atoms with Gasteiger partial charge < -0.3 is 9.40 Å². The molecule has 4 nitrogen and oxygen atoms in total. The van der Waals surface area contributed by atoms with Crippen LogP contribution in [-0.4, -0.2) is 21.4 Å². The number of para-hydroxylation sites is 1. The Hall–Kier alpha value is -2.85. The first-order valence-corrected chi connectivity index (χ1v) is 8.66. The van der Waals surface area contributed by atoms with Crippen LogP contribution in [0.4, 0.5) is 0 Å². The smallest absolute Gasteiger partial charge is 0.0947 e. The summed E-state index contributed by atoms with van der Waals surface area (Å²) in [6.07, 6.45) is 6.49. The molecule has 1 atom stereocenters. The lowest BCUT2D eigenvalue weighted by molar-refractivity contribution is 0.198. The Bertz CT molecular complexity index is 989. The summed E-state index contributed by atoms with van der Waals surface area (Å²) in [7, 11) is 0. The van der Waals surface area contributed by atoms with Gasteiger partial charge in [-0.2, -0.15) is 0 Å². The zero-order valence-corrected chi connectivity index (χ0v) is 13.9. The molecule has 124 valence electrons. The minimum atomic E-state index is 0.132. The van der Waals surface area contributed by atoms with Gasteiger partial charge in [-0.05, 0) is 36.2 Å². The van der Waals surface area contributed by atoms with Crippen LogP contribution in [0, 0.1) is 0 Å². The molecule has 0 saturated heterocycles. The fourth-order valence-corrected chi connectivity index (χ4v) is 3.95. The number of nitrogens with one attached hydrogen (secondary N) is 1. The summed E-state index contributed by atoms with van der Waals surface area (Å²) in [5.74, 6) is 0. The molecular weight excluding hydrogens is 310 g/mol. The van der Waals surface area contributed by atoms with E-state index in [1.807, 2.05) is 24.6 Å². The molecule has 0 saturated carbocycles. The van der Waals surface area contributed by atoms with Crippen LogP contribution in [0.25, 0.3) is 10.9 Å². The number of benzene rings is 1. The maximum absolute atomic E-state index is 5.26. The number of hydrogen-bond acceptors (Lipinski definition) is 3. The third kappa shape index (κ3) is 2.46. The van der Waals surface area contributed by atoms with Crippen LogP contribution in [0.5, 0.6) is 0 Å². The van der Waals surface area contributed by atoms with Crippen molar-refractivity contribution in [2.24, 2.45) is 0 Å². The Morgan fingerprint density at radius 1 is 1.12 bits per heavy atom. The largest absolute Gasteiger partial charge is 0.472 e. The Morgan fingerprint density at radius 3 is 2.88 bits per heavy atom. The average Bonchev–Trinajstić information content (AvgIpc) is 3.29. The number of H-pyrrole nitrogens is 1. The van der Waals surface area contributed by atoms with E-state index in [2.05, 4.69) is 51.3 Å². The van der Waals surface area contributed by atoms with Crippen molar-refractivity contribution in [3.05, 3.63) is 89.8 Å². The predicted octanol–water partition coefficient (Wildman–Crippen LogP) is 4.30. The molecule has 0 bridgehead atoms. The van der Waals surface area contributed by atoms with Gasteiger partial charge in [0, 0.05) is 41.4 Å². The summed E-state index contributed by atoms with van der Waals surface area (Å²) in [5.41, 5.74) is 6.18. The third-order valence-electron chi connectivity index (χ3n) is 5.07. The van der Waals surface area contributed by atoms with E-state index in [-0.39, 0.29) is 6.04 Å². The zero-order valence-electron chi connectivity index (χ0n) is 13.9. The first kappa shape index (κ1) is 14.5. The fourth-order valence-electron chi connectivity index (χ4n) is 3.95. The van der Waals surface area contributed by atoms with E-state index in [0.717, 1.165) is 25.2 Å². The molecule has 4 heteroatoms. The number of aromatic amines is 1. The molecule has 1 unspecified atom stereocenters. The average molecular weight is 329 g/mol. The molecule has 0 radical (unpaired) electrons. The molecule has 1 aromatic carbocycles. The van der Waals surface area contributed by atoms with E-state index in [9.17, 15) is 0 Å². The molecule has 0 fully saturated rings. The third-order valence-corrected chi connectivity index (χ3v) is 5.07. The van der Waals surface area contributed by atoms with E-state index in [4.69, 9.17) is 4.42 Å². The Labute approximate surface area is 146 Å². The van der Waals surface area contributed by atoms with Crippen LogP contribution in [0.1, 0.15) is 28.6 Å². The highest BCUT2D eigenvalue weighted by atomic mass is 16.3. The summed E-state index contributed by atoms with van der Waals surface area (Å²) in [4.78, 5) is 10.8. The number of fused-ring (bicyclic) bond motifs is 3. The number of aromatic nitrogens is 2. The van der Waals surface area contributed by atoms with Gasteiger partial charge in [0.1, 0.15) is 0 Å². The van der Waals surface area contributed by atoms with E-state index >= 15 is 0 Å². The van der Waals surface area contributed by atoms with E-state index in [1.165, 1.54) is 27.7 Å². The summed E-state index contributed by atoms with van der Waals surface area (Å²) in [6, 6.07) is 16.9. The lowest BCUT2D eigenvalue weighted by atomic mass is 9.94. The highest BCUT2D eigenvalue weighted by Crippen LogP contribution is 2.38. The maximum atomic E-state index is 5.26. The molecule has 4 aromatic rings. The van der Waals surface area contributed by atoms with Crippen LogP contribution >= 0.6 is 0 Å². The topological polar surface area (TPSA) is 45.1 Å². The molecular formula is C21H19N3O. The van der Waals surface area contributed by atoms with Crippen molar-refractivity contribution >= 4 is 10.9 Å². The van der Waals surface area contributed by atoms with Crippen LogP contribution < -0.4 is 0 Å². The van der Waals surface area contributed by atoms with Gasteiger partial charge in [-0.3, -0.25) is 9.88 Å². The summed E-state index contributed by atoms with van der Waals surface area (Å²) in [5, 5.41) is 1.33. The van der Waals surface area contributed by atoms with Gasteiger partial charge in [-0.1, -0.05) is 24.3 Å². The van der Waals surface area contributed by atoms with Gasteiger partial charge >= 0.3 is 0 Å². The van der Waals surface area contributed by atoms with Crippen molar-refractivity contribution in [3.63, 3.8) is 0 Å². The quantitative estimate of drug-likeness (QED) is 0.609. The number of rotatable bonds is 3. The highest BCUT2D eigenvalue weighted by molar-refractivity contribution is 5.85. The minimum absolute atomic E-state index is 0.132. The van der Waals surface area contributed by atoms with Gasteiger partial charge in [0.2, 0.25) is 0 Å². The van der Waals surface area contributed by atoms with Crippen LogP contribution in [0.3, 0.4) is 0 Å². The van der Waals surface area contributed by atoms with Gasteiger partial charge in [-0.15, -0.1) is 0 Å². The summed E-state index contributed by atoms with van der Waals surface area (Å²) in [6.45, 7) is 1.85. The highest BCUT2D eigenvalue weighted by Gasteiger charge is 2.32. The van der Waals surface area contributed by atoms with Crippen molar-refractivity contribution in [1.29, 1.82) is 0 Å². The van der Waals surface area contributed by atoms with Gasteiger partial charge in [0.25, 0.3) is 0 Å². The summed E-state index contributed by atoms with van der Waals surface area (Å²) >= 11 is 0. The zero-order chi connectivity index (χ0) is 16.6. The lowest BCUT2D eigenvalue weighted by Crippen LogP contribution is -2.36. The Kier molecular flexibility index (Phi) is 3.42. The number of hydrogen-bond donors (Lipinski definition) is 1. The van der Waals surface area contributed by atoms with Crippen molar-refractivity contribution in [2.45, 2.75) is 19.0 Å². The molecule has 1 aliphatic heterocycles. The minimum Gasteiger partial charge on any atom is -0.472 e. The van der Waals surface area contributed by atoms with Crippen molar-refractivity contribution < 1.29 is 4.42 Å². The number of pyridine rings is 1. The maximum Gasteiger partial charge on any atom is 0.0947 e. The Morgan fingerprint density at radius 2 is 2.04 bits per heavy atom. The molecule has 1 N–H and O–H groups in total. The summed E-state index contributed by atoms with van der Waals surface area (Å²) < 4.78 is 5.26. The number of furan rings is 1. The predicted molar refractivity (Wildman–Crippen MR) is 97.2 cm³/mol. The van der Waals surface area contributed by atoms with Crippen LogP contribution in [0.15, 0.2) is 71.7 Å². The van der Waals surface area contributed by atoms with Crippen LogP contribution in [-0.2, 0) is 13.0 Å². The standard InChI is InChI=1S/C21H19N3O/c1-2-6-18-16(5-1)17-8-11-24(13-15-9-12-25-14-15)21(20(17)23-18)19-7-3-4-10-22-19/h1-7,9-10,12,14,21,23H,8,11,13H2. The SMILES string of the molecule is c1ccc(C2c3[nH]c4ccccc4c3CCN2Cc2ccoc2)nc1. The first-order chi connectivity index (χ1) is 12.4. The second-order valence-corrected chi connectivity index (χ2v) is 6.57. The lowest BCUT2D eigenvalue weighted by Gasteiger charge is -2.35. The van der Waals surface area contributed by atoms with Gasteiger partial charge in [0.05, 0.1) is 24.3 Å². The molecule has 3 aromatic heterocycles. The molecule has 0 spiro atoms. The second kappa shape index (κ2) is 5.90. The first-order valence-electron chi connectivity index (χ1n) is 8.66. The Balaban J connectivity index is 1.64.